The third-order valence-corrected chi connectivity index (χ3v) is 3.36. The summed E-state index contributed by atoms with van der Waals surface area (Å²) in [5.41, 5.74) is 2.95. The number of hydrogen-bond acceptors (Lipinski definition) is 4. The third kappa shape index (κ3) is 3.56. The van der Waals surface area contributed by atoms with Crippen LogP contribution in [0.2, 0.25) is 0 Å². The van der Waals surface area contributed by atoms with Crippen LogP contribution < -0.4 is 0 Å². The van der Waals surface area contributed by atoms with E-state index in [4.69, 9.17) is 0 Å². The van der Waals surface area contributed by atoms with Crippen molar-refractivity contribution >= 4 is 11.8 Å². The number of hydrogen-bond donors (Lipinski definition) is 1. The largest absolute Gasteiger partial charge is 0.508 e. The van der Waals surface area contributed by atoms with Crippen molar-refractivity contribution in [2.75, 3.05) is 7.11 Å². The number of carbonyl (C=O) groups is 2. The molecule has 0 amide bonds. The molecule has 0 aliphatic heterocycles. The molecule has 0 aliphatic rings. The molecule has 0 atom stereocenters. The molecule has 0 saturated heterocycles. The van der Waals surface area contributed by atoms with Gasteiger partial charge in [0.1, 0.15) is 5.75 Å². The molecule has 0 fully saturated rings. The minimum atomic E-state index is -0.303. The van der Waals surface area contributed by atoms with Gasteiger partial charge >= 0.3 is 5.97 Å². The van der Waals surface area contributed by atoms with Gasteiger partial charge in [-0.2, -0.15) is 0 Å². The first-order valence-electron chi connectivity index (χ1n) is 6.28. The highest BCUT2D eigenvalue weighted by atomic mass is 16.5. The van der Waals surface area contributed by atoms with Gasteiger partial charge in [-0.1, -0.05) is 0 Å². The van der Waals surface area contributed by atoms with Gasteiger partial charge in [-0.25, -0.2) is 0 Å². The molecule has 0 saturated carbocycles. The smallest absolute Gasteiger partial charge is 0.305 e. The van der Waals surface area contributed by atoms with Crippen LogP contribution in [0.15, 0.2) is 6.07 Å². The molecule has 0 unspecified atom stereocenters. The van der Waals surface area contributed by atoms with Crippen molar-refractivity contribution in [3.8, 4) is 5.75 Å². The van der Waals surface area contributed by atoms with E-state index in [0.29, 0.717) is 18.4 Å². The van der Waals surface area contributed by atoms with E-state index in [1.165, 1.54) is 7.11 Å². The zero-order chi connectivity index (χ0) is 14.6. The van der Waals surface area contributed by atoms with Gasteiger partial charge in [-0.3, -0.25) is 9.59 Å². The van der Waals surface area contributed by atoms with Crippen molar-refractivity contribution in [1.82, 2.24) is 0 Å². The van der Waals surface area contributed by atoms with Crippen LogP contribution in [0.3, 0.4) is 0 Å². The Morgan fingerprint density at radius 1 is 1.16 bits per heavy atom. The summed E-state index contributed by atoms with van der Waals surface area (Å²) >= 11 is 0. The molecule has 1 aromatic carbocycles. The summed E-state index contributed by atoms with van der Waals surface area (Å²) in [6.45, 7) is 5.42. The van der Waals surface area contributed by atoms with Crippen LogP contribution in [0, 0.1) is 20.8 Å². The molecular formula is C15H20O4. The molecule has 0 aromatic heterocycles. The quantitative estimate of drug-likeness (QED) is 0.656. The van der Waals surface area contributed by atoms with E-state index < -0.39 is 0 Å². The minimum Gasteiger partial charge on any atom is -0.508 e. The number of ketones is 1. The first-order valence-corrected chi connectivity index (χ1v) is 6.28. The number of Topliss-reactive ketones (excluding diaryl/α,β-unsaturated/α-hetero) is 1. The lowest BCUT2D eigenvalue weighted by atomic mass is 9.92. The van der Waals surface area contributed by atoms with Gasteiger partial charge in [-0.15, -0.1) is 0 Å². The Morgan fingerprint density at radius 3 is 2.37 bits per heavy atom. The number of ether oxygens (including phenoxy) is 1. The molecule has 1 rings (SSSR count). The normalized spacial score (nSPS) is 10.3. The predicted molar refractivity (Wildman–Crippen MR) is 72.5 cm³/mol. The fourth-order valence-corrected chi connectivity index (χ4v) is 2.11. The summed E-state index contributed by atoms with van der Waals surface area (Å²) in [7, 11) is 1.34. The van der Waals surface area contributed by atoms with Crippen LogP contribution >= 0.6 is 0 Å². The standard InChI is InChI=1S/C15H20O4/c1-9-8-13(17)10(2)11(3)15(9)12(16)6-5-7-14(18)19-4/h8,17H,5-7H2,1-4H3. The number of aromatic hydroxyl groups is 1. The van der Waals surface area contributed by atoms with E-state index in [9.17, 15) is 14.7 Å². The topological polar surface area (TPSA) is 63.6 Å². The Hall–Kier alpha value is -1.84. The highest BCUT2D eigenvalue weighted by molar-refractivity contribution is 5.99. The average molecular weight is 264 g/mol. The molecule has 0 spiro atoms. The van der Waals surface area contributed by atoms with Crippen molar-refractivity contribution in [3.05, 3.63) is 28.3 Å². The number of phenolic OH excluding ortho intramolecular Hbond substituents is 1. The fourth-order valence-electron chi connectivity index (χ4n) is 2.11. The van der Waals surface area contributed by atoms with Crippen LogP contribution in [0.25, 0.3) is 0 Å². The second kappa shape index (κ2) is 6.36. The maximum absolute atomic E-state index is 12.2. The summed E-state index contributed by atoms with van der Waals surface area (Å²) in [6, 6.07) is 1.61. The van der Waals surface area contributed by atoms with E-state index in [1.54, 1.807) is 19.9 Å². The first kappa shape index (κ1) is 15.2. The summed E-state index contributed by atoms with van der Waals surface area (Å²) in [5.74, 6) is -0.0914. The van der Waals surface area contributed by atoms with Crippen molar-refractivity contribution in [1.29, 1.82) is 0 Å². The first-order chi connectivity index (χ1) is 8.88. The SMILES string of the molecule is COC(=O)CCCC(=O)c1c(C)cc(O)c(C)c1C. The average Bonchev–Trinajstić information content (AvgIpc) is 2.35. The number of benzene rings is 1. The lowest BCUT2D eigenvalue weighted by molar-refractivity contribution is -0.140. The Bertz CT molecular complexity index is 503. The Morgan fingerprint density at radius 2 is 1.79 bits per heavy atom. The monoisotopic (exact) mass is 264 g/mol. The highest BCUT2D eigenvalue weighted by Crippen LogP contribution is 2.27. The molecule has 0 heterocycles. The van der Waals surface area contributed by atoms with Crippen LogP contribution in [0.1, 0.15) is 46.3 Å². The second-order valence-corrected chi connectivity index (χ2v) is 4.69. The number of carbonyl (C=O) groups excluding carboxylic acids is 2. The molecule has 0 aliphatic carbocycles. The van der Waals surface area contributed by atoms with E-state index >= 15 is 0 Å². The highest BCUT2D eigenvalue weighted by Gasteiger charge is 2.16. The van der Waals surface area contributed by atoms with E-state index in [1.807, 2.05) is 6.92 Å². The van der Waals surface area contributed by atoms with Gasteiger partial charge in [0, 0.05) is 18.4 Å². The Balaban J connectivity index is 2.83. The van der Waals surface area contributed by atoms with Gasteiger partial charge < -0.3 is 9.84 Å². The molecular weight excluding hydrogens is 244 g/mol. The predicted octanol–water partition coefficient (Wildman–Crippen LogP) is 2.84. The summed E-state index contributed by atoms with van der Waals surface area (Å²) < 4.78 is 4.54. The zero-order valence-electron chi connectivity index (χ0n) is 11.9. The molecule has 19 heavy (non-hydrogen) atoms. The maximum atomic E-state index is 12.2. The maximum Gasteiger partial charge on any atom is 0.305 e. The Kier molecular flexibility index (Phi) is 5.10. The number of aryl methyl sites for hydroxylation is 1. The van der Waals surface area contributed by atoms with Crippen molar-refractivity contribution < 1.29 is 19.4 Å². The summed E-state index contributed by atoms with van der Waals surface area (Å²) in [5, 5.41) is 9.70. The van der Waals surface area contributed by atoms with Gasteiger partial charge in [0.25, 0.3) is 0 Å². The molecule has 104 valence electrons. The molecule has 4 nitrogen and oxygen atoms in total. The fraction of sp³-hybridized carbons (Fsp3) is 0.467. The number of phenols is 1. The molecule has 0 radical (unpaired) electrons. The van der Waals surface area contributed by atoms with Crippen LogP contribution in [0.5, 0.6) is 5.75 Å². The van der Waals surface area contributed by atoms with E-state index in [2.05, 4.69) is 4.74 Å². The molecule has 1 aromatic rings. The third-order valence-electron chi connectivity index (χ3n) is 3.36. The van der Waals surface area contributed by atoms with Crippen molar-refractivity contribution in [2.24, 2.45) is 0 Å². The van der Waals surface area contributed by atoms with Crippen molar-refractivity contribution in [3.63, 3.8) is 0 Å². The zero-order valence-corrected chi connectivity index (χ0v) is 11.9. The summed E-state index contributed by atoms with van der Waals surface area (Å²) in [6.07, 6.45) is 1.03. The van der Waals surface area contributed by atoms with Gasteiger partial charge in [-0.05, 0) is 49.9 Å². The van der Waals surface area contributed by atoms with Crippen LogP contribution in [0.4, 0.5) is 0 Å². The van der Waals surface area contributed by atoms with Crippen LogP contribution in [-0.4, -0.2) is 24.0 Å². The number of esters is 1. The van der Waals surface area contributed by atoms with Crippen LogP contribution in [-0.2, 0) is 9.53 Å². The van der Waals surface area contributed by atoms with E-state index in [-0.39, 0.29) is 23.9 Å². The van der Waals surface area contributed by atoms with E-state index in [0.717, 1.165) is 16.7 Å². The Labute approximate surface area is 113 Å². The van der Waals surface area contributed by atoms with Gasteiger partial charge in [0.15, 0.2) is 5.78 Å². The number of rotatable bonds is 5. The number of methoxy groups -OCH3 is 1. The molecule has 0 bridgehead atoms. The molecule has 1 N–H and O–H groups in total. The minimum absolute atomic E-state index is 0.00185. The summed E-state index contributed by atoms with van der Waals surface area (Å²) in [4.78, 5) is 23.2. The van der Waals surface area contributed by atoms with Gasteiger partial charge in [0.2, 0.25) is 0 Å². The second-order valence-electron chi connectivity index (χ2n) is 4.69. The lowest BCUT2D eigenvalue weighted by Gasteiger charge is -2.13. The van der Waals surface area contributed by atoms with Crippen molar-refractivity contribution in [2.45, 2.75) is 40.0 Å². The van der Waals surface area contributed by atoms with Gasteiger partial charge in [0.05, 0.1) is 7.11 Å². The molecule has 4 heteroatoms. The lowest BCUT2D eigenvalue weighted by Crippen LogP contribution is -2.08.